The number of aryl methyl sites for hydroxylation is 2. The third kappa shape index (κ3) is 3.19. The van der Waals surface area contributed by atoms with E-state index in [1.54, 1.807) is 26.0 Å². The van der Waals surface area contributed by atoms with Crippen molar-refractivity contribution in [3.63, 3.8) is 0 Å². The summed E-state index contributed by atoms with van der Waals surface area (Å²) in [6, 6.07) is 7.42. The van der Waals surface area contributed by atoms with Crippen LogP contribution in [0.2, 0.25) is 0 Å². The summed E-state index contributed by atoms with van der Waals surface area (Å²) in [7, 11) is -3.97. The molecule has 0 amide bonds. The van der Waals surface area contributed by atoms with E-state index in [9.17, 15) is 12.8 Å². The first-order valence-electron chi connectivity index (χ1n) is 6.06. The lowest BCUT2D eigenvalue weighted by atomic mass is 10.1. The number of halogens is 2. The van der Waals surface area contributed by atoms with Crippen LogP contribution in [0.25, 0.3) is 0 Å². The van der Waals surface area contributed by atoms with Crippen LogP contribution in [0.4, 0.5) is 15.8 Å². The first-order valence-corrected chi connectivity index (χ1v) is 8.33. The first kappa shape index (κ1) is 15.8. The van der Waals surface area contributed by atoms with E-state index in [4.69, 9.17) is 5.73 Å². The molecule has 112 valence electrons. The third-order valence-corrected chi connectivity index (χ3v) is 5.11. The van der Waals surface area contributed by atoms with Gasteiger partial charge in [-0.1, -0.05) is 28.1 Å². The fraction of sp³-hybridized carbons (Fsp3) is 0.143. The summed E-state index contributed by atoms with van der Waals surface area (Å²) in [5, 5.41) is 0. The molecule has 0 saturated heterocycles. The third-order valence-electron chi connectivity index (χ3n) is 3.05. The number of nitrogen functional groups attached to an aromatic ring is 1. The van der Waals surface area contributed by atoms with E-state index in [-0.39, 0.29) is 16.3 Å². The van der Waals surface area contributed by atoms with E-state index >= 15 is 0 Å². The predicted molar refractivity (Wildman–Crippen MR) is 85.2 cm³/mol. The van der Waals surface area contributed by atoms with Crippen LogP contribution >= 0.6 is 15.9 Å². The molecule has 0 aromatic heterocycles. The molecule has 0 heterocycles. The van der Waals surface area contributed by atoms with Gasteiger partial charge < -0.3 is 5.73 Å². The Morgan fingerprint density at radius 1 is 1.14 bits per heavy atom. The van der Waals surface area contributed by atoms with Gasteiger partial charge >= 0.3 is 0 Å². The quantitative estimate of drug-likeness (QED) is 0.808. The number of hydrogen-bond acceptors (Lipinski definition) is 3. The molecule has 0 unspecified atom stereocenters. The van der Waals surface area contributed by atoms with Gasteiger partial charge in [-0.2, -0.15) is 0 Å². The van der Waals surface area contributed by atoms with Crippen molar-refractivity contribution in [1.29, 1.82) is 0 Å². The van der Waals surface area contributed by atoms with Gasteiger partial charge in [0.05, 0.1) is 11.4 Å². The standard InChI is InChI=1S/C14H14BrFN2O2S/c1-8-3-4-9(2)14(13(8)17)21(19,20)18-12-7-10(15)5-6-11(12)16/h3-7,18H,17H2,1-2H3. The van der Waals surface area contributed by atoms with Crippen molar-refractivity contribution in [2.45, 2.75) is 18.7 Å². The summed E-state index contributed by atoms with van der Waals surface area (Å²) in [4.78, 5) is -0.0260. The maximum absolute atomic E-state index is 13.7. The van der Waals surface area contributed by atoms with Crippen molar-refractivity contribution >= 4 is 37.3 Å². The largest absolute Gasteiger partial charge is 0.397 e. The zero-order valence-electron chi connectivity index (χ0n) is 11.4. The Bertz CT molecular complexity index is 807. The van der Waals surface area contributed by atoms with Gasteiger partial charge in [0.1, 0.15) is 10.7 Å². The van der Waals surface area contributed by atoms with Crippen molar-refractivity contribution in [3.8, 4) is 0 Å². The van der Waals surface area contributed by atoms with Crippen molar-refractivity contribution in [2.75, 3.05) is 10.5 Å². The van der Waals surface area contributed by atoms with Gasteiger partial charge in [-0.15, -0.1) is 0 Å². The molecule has 0 spiro atoms. The molecule has 3 N–H and O–H groups in total. The summed E-state index contributed by atoms with van der Waals surface area (Å²) >= 11 is 3.17. The molecule has 7 heteroatoms. The highest BCUT2D eigenvalue weighted by Crippen LogP contribution is 2.29. The van der Waals surface area contributed by atoms with Crippen molar-refractivity contribution in [1.82, 2.24) is 0 Å². The number of rotatable bonds is 3. The molecule has 0 aliphatic carbocycles. The lowest BCUT2D eigenvalue weighted by Crippen LogP contribution is -2.17. The van der Waals surface area contributed by atoms with Crippen LogP contribution < -0.4 is 10.5 Å². The zero-order valence-corrected chi connectivity index (χ0v) is 13.8. The van der Waals surface area contributed by atoms with Crippen LogP contribution in [0, 0.1) is 19.7 Å². The number of hydrogen-bond donors (Lipinski definition) is 2. The maximum atomic E-state index is 13.7. The molecular formula is C14H14BrFN2O2S. The monoisotopic (exact) mass is 372 g/mol. The molecule has 0 radical (unpaired) electrons. The number of anilines is 2. The summed E-state index contributed by atoms with van der Waals surface area (Å²) in [5.74, 6) is -0.661. The SMILES string of the molecule is Cc1ccc(C)c(S(=O)(=O)Nc2cc(Br)ccc2F)c1N. The molecule has 2 aromatic carbocycles. The minimum absolute atomic E-state index is 0.0260. The fourth-order valence-electron chi connectivity index (χ4n) is 1.94. The molecule has 0 bridgehead atoms. The number of nitrogens with one attached hydrogen (secondary N) is 1. The Morgan fingerprint density at radius 2 is 1.76 bits per heavy atom. The van der Waals surface area contributed by atoms with Crippen molar-refractivity contribution < 1.29 is 12.8 Å². The van der Waals surface area contributed by atoms with Crippen LogP contribution in [0.15, 0.2) is 39.7 Å². The normalized spacial score (nSPS) is 11.4. The van der Waals surface area contributed by atoms with E-state index < -0.39 is 15.8 Å². The fourth-order valence-corrected chi connectivity index (χ4v) is 3.79. The lowest BCUT2D eigenvalue weighted by Gasteiger charge is -2.14. The van der Waals surface area contributed by atoms with Crippen LogP contribution in [0.5, 0.6) is 0 Å². The van der Waals surface area contributed by atoms with Crippen molar-refractivity contribution in [3.05, 3.63) is 51.7 Å². The van der Waals surface area contributed by atoms with Crippen molar-refractivity contribution in [2.24, 2.45) is 0 Å². The second-order valence-corrected chi connectivity index (χ2v) is 7.21. The topological polar surface area (TPSA) is 72.2 Å². The number of nitrogens with two attached hydrogens (primary N) is 1. The predicted octanol–water partition coefficient (Wildman–Crippen LogP) is 3.59. The molecule has 2 aromatic rings. The van der Waals surface area contributed by atoms with Gasteiger partial charge in [0.15, 0.2) is 0 Å². The maximum Gasteiger partial charge on any atom is 0.264 e. The molecule has 0 atom stereocenters. The molecule has 0 saturated carbocycles. The molecule has 0 aliphatic heterocycles. The second-order valence-electron chi connectivity index (χ2n) is 4.67. The zero-order chi connectivity index (χ0) is 15.8. The first-order chi connectivity index (χ1) is 9.72. The molecule has 0 fully saturated rings. The molecule has 0 aliphatic rings. The number of sulfonamides is 1. The Labute approximate surface area is 131 Å². The van der Waals surface area contributed by atoms with Crippen LogP contribution in [0.3, 0.4) is 0 Å². The average Bonchev–Trinajstić information content (AvgIpc) is 2.38. The van der Waals surface area contributed by atoms with Crippen LogP contribution in [-0.4, -0.2) is 8.42 Å². The summed E-state index contributed by atoms with van der Waals surface area (Å²) < 4.78 is 41.5. The van der Waals surface area contributed by atoms with Gasteiger partial charge in [-0.3, -0.25) is 4.72 Å². The van der Waals surface area contributed by atoms with E-state index in [1.807, 2.05) is 0 Å². The van der Waals surface area contributed by atoms with Gasteiger partial charge in [0, 0.05) is 4.47 Å². The highest BCUT2D eigenvalue weighted by Gasteiger charge is 2.22. The highest BCUT2D eigenvalue weighted by molar-refractivity contribution is 9.10. The highest BCUT2D eigenvalue weighted by atomic mass is 79.9. The average molecular weight is 373 g/mol. The lowest BCUT2D eigenvalue weighted by molar-refractivity contribution is 0.598. The van der Waals surface area contributed by atoms with E-state index in [0.717, 1.165) is 0 Å². The van der Waals surface area contributed by atoms with E-state index in [0.29, 0.717) is 15.6 Å². The van der Waals surface area contributed by atoms with E-state index in [2.05, 4.69) is 20.7 Å². The van der Waals surface area contributed by atoms with E-state index in [1.165, 1.54) is 18.2 Å². The Morgan fingerprint density at radius 3 is 2.43 bits per heavy atom. The van der Waals surface area contributed by atoms with Crippen LogP contribution in [-0.2, 0) is 10.0 Å². The minimum Gasteiger partial charge on any atom is -0.397 e. The minimum atomic E-state index is -3.97. The molecule has 21 heavy (non-hydrogen) atoms. The van der Waals surface area contributed by atoms with Crippen LogP contribution in [0.1, 0.15) is 11.1 Å². The molecule has 4 nitrogen and oxygen atoms in total. The molecule has 2 rings (SSSR count). The van der Waals surface area contributed by atoms with Gasteiger partial charge in [-0.25, -0.2) is 12.8 Å². The Hall–Kier alpha value is -1.60. The van der Waals surface area contributed by atoms with Gasteiger partial charge in [0.2, 0.25) is 0 Å². The second kappa shape index (κ2) is 5.65. The smallest absolute Gasteiger partial charge is 0.264 e. The molecular weight excluding hydrogens is 359 g/mol. The number of benzene rings is 2. The Kier molecular flexibility index (Phi) is 4.25. The van der Waals surface area contributed by atoms with Gasteiger partial charge in [-0.05, 0) is 43.2 Å². The Balaban J connectivity index is 2.54. The summed E-state index contributed by atoms with van der Waals surface area (Å²) in [6.45, 7) is 3.36. The summed E-state index contributed by atoms with van der Waals surface area (Å²) in [5.41, 5.74) is 7.05. The van der Waals surface area contributed by atoms with Gasteiger partial charge in [0.25, 0.3) is 10.0 Å². The summed E-state index contributed by atoms with van der Waals surface area (Å²) in [6.07, 6.45) is 0.